The first-order valence-corrected chi connectivity index (χ1v) is 22.7. The minimum atomic E-state index is -2.28. The van der Waals surface area contributed by atoms with Gasteiger partial charge in [-0.1, -0.05) is 92.0 Å². The van der Waals surface area contributed by atoms with Crippen LogP contribution in [0.5, 0.6) is 0 Å². The van der Waals surface area contributed by atoms with E-state index in [2.05, 4.69) is 16.2 Å². The lowest BCUT2D eigenvalue weighted by atomic mass is 9.87. The first kappa shape index (κ1) is 57.2. The number of cyclic esters (lactones) is 1. The van der Waals surface area contributed by atoms with Crippen LogP contribution in [0.1, 0.15) is 85.0 Å². The van der Waals surface area contributed by atoms with Gasteiger partial charge in [0.25, 0.3) is 0 Å². The van der Waals surface area contributed by atoms with Crippen molar-refractivity contribution in [3.63, 3.8) is 0 Å². The van der Waals surface area contributed by atoms with Gasteiger partial charge in [0.15, 0.2) is 12.1 Å². The van der Waals surface area contributed by atoms with Crippen LogP contribution in [0.25, 0.3) is 0 Å². The second kappa shape index (κ2) is 29.7. The van der Waals surface area contributed by atoms with Crippen LogP contribution in [0.3, 0.4) is 0 Å². The Morgan fingerprint density at radius 3 is 1.85 bits per heavy atom. The summed E-state index contributed by atoms with van der Waals surface area (Å²) in [5.41, 5.74) is 4.26. The number of esters is 1. The van der Waals surface area contributed by atoms with Crippen molar-refractivity contribution in [3.05, 3.63) is 85.1 Å². The minimum absolute atomic E-state index is 0.0440. The highest BCUT2D eigenvalue weighted by Crippen LogP contribution is 2.35. The number of hydrogen-bond acceptors (Lipinski definition) is 17. The molecular weight excluding hydrogens is 879 g/mol. The Bertz CT molecular complexity index is 1720. The molecule has 2 bridgehead atoms. The third kappa shape index (κ3) is 22.7. The molecule has 20 heteroatoms. The molecule has 0 radical (unpaired) electrons. The molecule has 0 aromatic heterocycles. The van der Waals surface area contributed by atoms with Crippen molar-refractivity contribution >= 4 is 17.9 Å². The molecule has 2 fully saturated rings. The highest BCUT2D eigenvalue weighted by molar-refractivity contribution is 5.79. The molecule has 67 heavy (non-hydrogen) atoms. The number of nitrogens with one attached hydrogen (secondary N) is 3. The molecule has 378 valence electrons. The summed E-state index contributed by atoms with van der Waals surface area (Å²) in [5, 5.41) is 110. The molecule has 0 aromatic carbocycles. The summed E-state index contributed by atoms with van der Waals surface area (Å²) in [6.07, 6.45) is 6.16. The van der Waals surface area contributed by atoms with Gasteiger partial charge >= 0.3 is 12.0 Å². The molecule has 3 heterocycles. The number of urea groups is 1. The molecule has 1 unspecified atom stereocenters. The van der Waals surface area contributed by atoms with Gasteiger partial charge in [-0.15, -0.1) is 0 Å². The van der Waals surface area contributed by atoms with Gasteiger partial charge in [-0.3, -0.25) is 15.0 Å². The first-order chi connectivity index (χ1) is 31.7. The molecule has 0 aromatic rings. The normalized spacial score (nSPS) is 40.9. The average Bonchev–Trinajstić information content (AvgIpc) is 3.23. The van der Waals surface area contributed by atoms with Crippen molar-refractivity contribution < 1.29 is 84.4 Å². The van der Waals surface area contributed by atoms with E-state index in [1.165, 1.54) is 0 Å². The third-order valence-electron chi connectivity index (χ3n) is 11.1. The molecule has 0 spiro atoms. The van der Waals surface area contributed by atoms with Crippen molar-refractivity contribution in [1.82, 2.24) is 16.2 Å². The third-order valence-corrected chi connectivity index (χ3v) is 11.1. The summed E-state index contributed by atoms with van der Waals surface area (Å²) in [4.78, 5) is 36.8. The number of hydrogen-bond donors (Lipinski definition) is 13. The number of ether oxygens (including phenoxy) is 4. The molecule has 0 aliphatic carbocycles. The van der Waals surface area contributed by atoms with E-state index in [0.29, 0.717) is 0 Å². The molecular formula is C47H73N3O17. The fraction of sp³-hybridized carbons (Fsp3) is 0.638. The summed E-state index contributed by atoms with van der Waals surface area (Å²) in [5.74, 6) is -3.86. The number of hydrazine groups is 1. The highest BCUT2D eigenvalue weighted by Gasteiger charge is 2.48. The highest BCUT2D eigenvalue weighted by atomic mass is 16.7. The lowest BCUT2D eigenvalue weighted by molar-refractivity contribution is -0.298. The zero-order chi connectivity index (χ0) is 49.5. The molecule has 0 saturated carbocycles. The van der Waals surface area contributed by atoms with Crippen LogP contribution in [-0.2, 0) is 28.5 Å². The summed E-state index contributed by atoms with van der Waals surface area (Å²) in [6.45, 7) is 4.47. The van der Waals surface area contributed by atoms with E-state index in [4.69, 9.17) is 18.9 Å². The molecule has 20 nitrogen and oxygen atoms in total. The molecule has 3 amide bonds. The van der Waals surface area contributed by atoms with Gasteiger partial charge in [0.05, 0.1) is 80.1 Å². The SMILES string of the molecule is CC(=O)NNC(=O)N[C@H]1[C@@H]2C[C@@H](O[C@@H]3OC[C@@H](O)C[C@@H]3O)/C=C/C=C/C=C/C=C/C=C/C=C/C=C/[C@H](C)[C@@H](O)C[C@H](C)OC(=O)C[C@H](O)C[C@H](O)CC[C@@H](O)[C@H](O)CC(O)C[C@](O)(C[C@@H]1O)O2. The van der Waals surface area contributed by atoms with E-state index < -0.39 is 135 Å². The maximum absolute atomic E-state index is 12.8. The Kier molecular flexibility index (Phi) is 25.3. The van der Waals surface area contributed by atoms with Gasteiger partial charge in [0.1, 0.15) is 12.2 Å². The molecule has 16 atom stereocenters. The fourth-order valence-electron chi connectivity index (χ4n) is 7.66. The number of carbonyl (C=O) groups is 3. The number of amides is 3. The Morgan fingerprint density at radius 2 is 1.24 bits per heavy atom. The number of aliphatic hydroxyl groups is 10. The van der Waals surface area contributed by atoms with Crippen molar-refractivity contribution in [2.75, 3.05) is 6.61 Å². The number of allylic oxidation sites excluding steroid dienone is 12. The lowest BCUT2D eigenvalue weighted by Crippen LogP contribution is -2.64. The van der Waals surface area contributed by atoms with E-state index >= 15 is 0 Å². The Balaban J connectivity index is 1.88. The van der Waals surface area contributed by atoms with E-state index in [1.54, 1.807) is 73.8 Å². The van der Waals surface area contributed by atoms with Crippen LogP contribution in [0.15, 0.2) is 85.1 Å². The van der Waals surface area contributed by atoms with Crippen molar-refractivity contribution in [1.29, 1.82) is 0 Å². The quantitative estimate of drug-likeness (QED) is 0.132. The monoisotopic (exact) mass is 951 g/mol. The lowest BCUT2D eigenvalue weighted by Gasteiger charge is -2.46. The average molecular weight is 952 g/mol. The molecule has 2 saturated heterocycles. The summed E-state index contributed by atoms with van der Waals surface area (Å²) in [7, 11) is 0. The van der Waals surface area contributed by atoms with Gasteiger partial charge < -0.3 is 75.3 Å². The van der Waals surface area contributed by atoms with Gasteiger partial charge in [-0.2, -0.15) is 0 Å². The predicted molar refractivity (Wildman–Crippen MR) is 243 cm³/mol. The summed E-state index contributed by atoms with van der Waals surface area (Å²) < 4.78 is 23.1. The van der Waals surface area contributed by atoms with Crippen LogP contribution >= 0.6 is 0 Å². The first-order valence-electron chi connectivity index (χ1n) is 22.7. The minimum Gasteiger partial charge on any atom is -0.462 e. The van der Waals surface area contributed by atoms with Crippen molar-refractivity contribution in [2.24, 2.45) is 5.92 Å². The molecule has 13 N–H and O–H groups in total. The van der Waals surface area contributed by atoms with Crippen LogP contribution in [-0.4, -0.2) is 167 Å². The molecule has 3 rings (SSSR count). The fourth-order valence-corrected chi connectivity index (χ4v) is 7.66. The van der Waals surface area contributed by atoms with Crippen molar-refractivity contribution in [2.45, 2.75) is 176 Å². The van der Waals surface area contributed by atoms with E-state index in [-0.39, 0.29) is 51.0 Å². The Hall–Kier alpha value is -4.13. The van der Waals surface area contributed by atoms with Crippen LogP contribution in [0.2, 0.25) is 0 Å². The Morgan fingerprint density at radius 1 is 0.642 bits per heavy atom. The molecule has 3 aliphatic heterocycles. The zero-order valence-corrected chi connectivity index (χ0v) is 38.4. The Labute approximate surface area is 391 Å². The second-order valence-corrected chi connectivity index (χ2v) is 17.5. The largest absolute Gasteiger partial charge is 0.462 e. The number of fused-ring (bicyclic) bond motifs is 2. The van der Waals surface area contributed by atoms with Crippen LogP contribution in [0.4, 0.5) is 4.79 Å². The topological polar surface area (TPSA) is 327 Å². The van der Waals surface area contributed by atoms with Crippen LogP contribution in [0, 0.1) is 5.92 Å². The summed E-state index contributed by atoms with van der Waals surface area (Å²) in [6, 6.07) is -2.19. The van der Waals surface area contributed by atoms with E-state index in [0.717, 1.165) is 6.92 Å². The smallest absolute Gasteiger partial charge is 0.333 e. The van der Waals surface area contributed by atoms with Crippen LogP contribution < -0.4 is 16.2 Å². The van der Waals surface area contributed by atoms with Gasteiger partial charge in [-0.05, 0) is 26.2 Å². The maximum atomic E-state index is 12.8. The standard InChI is InChI=1S/C47H73N3O17/c1-29-16-14-12-10-8-6-4-5-7-9-11-13-15-17-36(66-45-40(59)23-35(55)28-64-45)25-42-44(48-46(62)50-49-31(3)51)41(60)27-47(63,67-42)26-34(54)22-39(58)37(56)19-18-32(52)21-33(53)24-43(61)65-30(2)20-38(29)57/h4-17,29-30,32-42,44-45,52-60,63H,18-28H2,1-3H3,(H,49,51)(H2,48,50,62)/b5-4+,8-6+,9-7+,12-10+,13-11+,16-14+,17-15+/t29-,30-,32+,33+,34?,35-,36-,37+,38-,39+,40-,41-,42-,44+,45-,47+/m0/s1. The number of rotatable bonds is 3. The van der Waals surface area contributed by atoms with Gasteiger partial charge in [0.2, 0.25) is 5.91 Å². The zero-order valence-electron chi connectivity index (χ0n) is 38.4. The van der Waals surface area contributed by atoms with E-state index in [1.807, 2.05) is 25.2 Å². The van der Waals surface area contributed by atoms with Crippen molar-refractivity contribution in [3.8, 4) is 0 Å². The summed E-state index contributed by atoms with van der Waals surface area (Å²) >= 11 is 0. The second-order valence-electron chi connectivity index (χ2n) is 17.5. The van der Waals surface area contributed by atoms with Gasteiger partial charge in [-0.25, -0.2) is 10.2 Å². The number of aliphatic hydroxyl groups excluding tert-OH is 9. The predicted octanol–water partition coefficient (Wildman–Crippen LogP) is 0.158. The van der Waals surface area contributed by atoms with E-state index in [9.17, 15) is 65.4 Å². The number of carbonyl (C=O) groups excluding carboxylic acids is 3. The molecule has 3 aliphatic rings. The van der Waals surface area contributed by atoms with Gasteiger partial charge in [0, 0.05) is 51.4 Å². The maximum Gasteiger partial charge on any atom is 0.333 e.